The normalized spacial score (nSPS) is 29.1. The largest absolute Gasteiger partial charge is 0.393 e. The van der Waals surface area contributed by atoms with E-state index in [0.29, 0.717) is 0 Å². The topological polar surface area (TPSA) is 20.2 Å². The van der Waals surface area contributed by atoms with Gasteiger partial charge in [-0.15, -0.1) is 0 Å². The fourth-order valence-electron chi connectivity index (χ4n) is 2.74. The van der Waals surface area contributed by atoms with Crippen molar-refractivity contribution in [1.82, 2.24) is 0 Å². The monoisotopic (exact) mass is 198 g/mol. The van der Waals surface area contributed by atoms with Crippen molar-refractivity contribution in [3.63, 3.8) is 0 Å². The fraction of sp³-hybridized carbons (Fsp3) is 1.00. The molecule has 1 fully saturated rings. The van der Waals surface area contributed by atoms with Crippen LogP contribution in [-0.4, -0.2) is 11.2 Å². The molecule has 0 amide bonds. The maximum atomic E-state index is 9.72. The summed E-state index contributed by atoms with van der Waals surface area (Å²) in [5.41, 5.74) is 0. The van der Waals surface area contributed by atoms with Crippen molar-refractivity contribution < 1.29 is 5.11 Å². The highest BCUT2D eigenvalue weighted by Gasteiger charge is 2.20. The molecule has 14 heavy (non-hydrogen) atoms. The zero-order valence-corrected chi connectivity index (χ0v) is 9.84. The molecular weight excluding hydrogens is 172 g/mol. The van der Waals surface area contributed by atoms with Gasteiger partial charge in [0, 0.05) is 0 Å². The predicted octanol–water partition coefficient (Wildman–Crippen LogP) is 3.75. The third-order valence-electron chi connectivity index (χ3n) is 3.83. The molecule has 0 spiro atoms. The molecule has 0 aromatic heterocycles. The summed E-state index contributed by atoms with van der Waals surface area (Å²) in [6.45, 7) is 4.59. The van der Waals surface area contributed by atoms with Gasteiger partial charge in [0.2, 0.25) is 0 Å². The Balaban J connectivity index is 2.33. The lowest BCUT2D eigenvalue weighted by molar-refractivity contribution is 0.134. The Hall–Kier alpha value is -0.0400. The average molecular weight is 198 g/mol. The zero-order chi connectivity index (χ0) is 10.4. The van der Waals surface area contributed by atoms with Crippen molar-refractivity contribution >= 4 is 0 Å². The molecule has 1 aliphatic carbocycles. The van der Waals surface area contributed by atoms with E-state index in [4.69, 9.17) is 0 Å². The molecule has 0 heterocycles. The molecule has 0 aliphatic heterocycles. The SMILES string of the molecule is CCC(CC)CC1CCCCC(O)C1. The van der Waals surface area contributed by atoms with Gasteiger partial charge in [-0.05, 0) is 31.1 Å². The number of aliphatic hydroxyl groups excluding tert-OH is 1. The van der Waals surface area contributed by atoms with Crippen LogP contribution in [-0.2, 0) is 0 Å². The standard InChI is InChI=1S/C13H26O/c1-3-11(4-2)9-12-7-5-6-8-13(14)10-12/h11-14H,3-10H2,1-2H3. The summed E-state index contributed by atoms with van der Waals surface area (Å²) >= 11 is 0. The molecule has 0 saturated heterocycles. The van der Waals surface area contributed by atoms with Gasteiger partial charge in [-0.1, -0.05) is 46.0 Å². The molecule has 1 aliphatic rings. The van der Waals surface area contributed by atoms with Crippen LogP contribution in [0, 0.1) is 11.8 Å². The van der Waals surface area contributed by atoms with E-state index in [1.807, 2.05) is 0 Å². The summed E-state index contributed by atoms with van der Waals surface area (Å²) < 4.78 is 0. The highest BCUT2D eigenvalue weighted by Crippen LogP contribution is 2.30. The molecule has 84 valence electrons. The molecule has 0 radical (unpaired) electrons. The summed E-state index contributed by atoms with van der Waals surface area (Å²) in [6.07, 6.45) is 10.00. The average Bonchev–Trinajstić information content (AvgIpc) is 2.39. The van der Waals surface area contributed by atoms with Crippen LogP contribution in [0.5, 0.6) is 0 Å². The molecular formula is C13H26O. The van der Waals surface area contributed by atoms with Gasteiger partial charge in [-0.2, -0.15) is 0 Å². The van der Waals surface area contributed by atoms with Gasteiger partial charge >= 0.3 is 0 Å². The van der Waals surface area contributed by atoms with Gasteiger partial charge < -0.3 is 5.11 Å². The summed E-state index contributed by atoms with van der Waals surface area (Å²) in [6, 6.07) is 0. The molecule has 1 nitrogen and oxygen atoms in total. The molecule has 0 bridgehead atoms. The molecule has 1 heteroatoms. The van der Waals surface area contributed by atoms with Crippen molar-refractivity contribution in [1.29, 1.82) is 0 Å². The predicted molar refractivity (Wildman–Crippen MR) is 61.3 cm³/mol. The Labute approximate surface area is 88.9 Å². The number of hydrogen-bond acceptors (Lipinski definition) is 1. The second kappa shape index (κ2) is 6.44. The minimum atomic E-state index is -0.00291. The quantitative estimate of drug-likeness (QED) is 0.682. The first-order valence-electron chi connectivity index (χ1n) is 6.44. The molecule has 0 aromatic carbocycles. The second-order valence-corrected chi connectivity index (χ2v) is 4.96. The van der Waals surface area contributed by atoms with Crippen LogP contribution in [0.1, 0.15) is 65.2 Å². The van der Waals surface area contributed by atoms with Gasteiger partial charge in [0.15, 0.2) is 0 Å². The minimum absolute atomic E-state index is 0.00291. The van der Waals surface area contributed by atoms with Crippen LogP contribution in [0.15, 0.2) is 0 Å². The third kappa shape index (κ3) is 4.00. The fourth-order valence-corrected chi connectivity index (χ4v) is 2.74. The van der Waals surface area contributed by atoms with E-state index in [1.165, 1.54) is 38.5 Å². The number of hydrogen-bond donors (Lipinski definition) is 1. The minimum Gasteiger partial charge on any atom is -0.393 e. The van der Waals surface area contributed by atoms with E-state index >= 15 is 0 Å². The smallest absolute Gasteiger partial charge is 0.0542 e. The lowest BCUT2D eigenvalue weighted by atomic mass is 9.86. The van der Waals surface area contributed by atoms with Crippen LogP contribution in [0.2, 0.25) is 0 Å². The van der Waals surface area contributed by atoms with E-state index in [1.54, 1.807) is 0 Å². The van der Waals surface area contributed by atoms with E-state index in [0.717, 1.165) is 24.7 Å². The first-order chi connectivity index (χ1) is 6.76. The van der Waals surface area contributed by atoms with E-state index in [9.17, 15) is 5.11 Å². The van der Waals surface area contributed by atoms with Crippen LogP contribution in [0.25, 0.3) is 0 Å². The zero-order valence-electron chi connectivity index (χ0n) is 9.84. The maximum absolute atomic E-state index is 9.72. The lowest BCUT2D eigenvalue weighted by Crippen LogP contribution is -2.13. The molecule has 0 aromatic rings. The van der Waals surface area contributed by atoms with Gasteiger partial charge in [-0.25, -0.2) is 0 Å². The van der Waals surface area contributed by atoms with Gasteiger partial charge in [0.25, 0.3) is 0 Å². The summed E-state index contributed by atoms with van der Waals surface area (Å²) in [5, 5.41) is 9.72. The summed E-state index contributed by atoms with van der Waals surface area (Å²) in [4.78, 5) is 0. The highest BCUT2D eigenvalue weighted by molar-refractivity contribution is 4.72. The van der Waals surface area contributed by atoms with Gasteiger partial charge in [-0.3, -0.25) is 0 Å². The van der Waals surface area contributed by atoms with Crippen molar-refractivity contribution in [2.45, 2.75) is 71.3 Å². The van der Waals surface area contributed by atoms with Crippen molar-refractivity contribution in [2.24, 2.45) is 11.8 Å². The van der Waals surface area contributed by atoms with Gasteiger partial charge in [0.1, 0.15) is 0 Å². The lowest BCUT2D eigenvalue weighted by Gasteiger charge is -2.21. The first-order valence-corrected chi connectivity index (χ1v) is 6.44. The van der Waals surface area contributed by atoms with Crippen molar-refractivity contribution in [2.75, 3.05) is 0 Å². The Morgan fingerprint density at radius 2 is 1.79 bits per heavy atom. The molecule has 2 atom stereocenters. The van der Waals surface area contributed by atoms with Crippen LogP contribution < -0.4 is 0 Å². The Kier molecular flexibility index (Phi) is 5.54. The Morgan fingerprint density at radius 1 is 1.14 bits per heavy atom. The van der Waals surface area contributed by atoms with Crippen LogP contribution in [0.4, 0.5) is 0 Å². The van der Waals surface area contributed by atoms with Crippen molar-refractivity contribution in [3.8, 4) is 0 Å². The Bertz CT molecular complexity index is 140. The summed E-state index contributed by atoms with van der Waals surface area (Å²) in [5.74, 6) is 1.70. The third-order valence-corrected chi connectivity index (χ3v) is 3.83. The van der Waals surface area contributed by atoms with Crippen molar-refractivity contribution in [3.05, 3.63) is 0 Å². The molecule has 1 saturated carbocycles. The highest BCUT2D eigenvalue weighted by atomic mass is 16.3. The van der Waals surface area contributed by atoms with Crippen LogP contribution >= 0.6 is 0 Å². The number of aliphatic hydroxyl groups is 1. The summed E-state index contributed by atoms with van der Waals surface area (Å²) in [7, 11) is 0. The van der Waals surface area contributed by atoms with Crippen LogP contribution in [0.3, 0.4) is 0 Å². The molecule has 1 N–H and O–H groups in total. The van der Waals surface area contributed by atoms with Gasteiger partial charge in [0.05, 0.1) is 6.10 Å². The molecule has 1 rings (SSSR count). The number of rotatable bonds is 4. The first kappa shape index (κ1) is 12.0. The Morgan fingerprint density at radius 3 is 2.43 bits per heavy atom. The molecule has 2 unspecified atom stereocenters. The van der Waals surface area contributed by atoms with E-state index < -0.39 is 0 Å². The maximum Gasteiger partial charge on any atom is 0.0542 e. The second-order valence-electron chi connectivity index (χ2n) is 4.96. The van der Waals surface area contributed by atoms with E-state index in [2.05, 4.69) is 13.8 Å². The van der Waals surface area contributed by atoms with E-state index in [-0.39, 0.29) is 6.10 Å².